The van der Waals surface area contributed by atoms with Crippen molar-refractivity contribution in [3.05, 3.63) is 0 Å². The van der Waals surface area contributed by atoms with Crippen LogP contribution < -0.4 is 11.1 Å². The molecule has 0 aliphatic heterocycles. The number of carbonyl (C=O) groups excluding carboxylic acids is 1. The summed E-state index contributed by atoms with van der Waals surface area (Å²) in [5.41, 5.74) is 4.40. The van der Waals surface area contributed by atoms with E-state index in [0.717, 1.165) is 13.0 Å². The van der Waals surface area contributed by atoms with Crippen LogP contribution in [-0.4, -0.2) is 34.4 Å². The molecule has 4 N–H and O–H groups in total. The molecule has 0 aliphatic carbocycles. The van der Waals surface area contributed by atoms with E-state index >= 15 is 0 Å². The molecule has 0 saturated heterocycles. The number of unbranched alkanes of at least 4 members (excludes halogenated alkanes) is 2. The molecule has 0 heterocycles. The topological polar surface area (TPSA) is 84.6 Å². The Kier molecular flexibility index (Phi) is 15.2. The van der Waals surface area contributed by atoms with Crippen molar-refractivity contribution in [2.75, 3.05) is 13.2 Å². The van der Waals surface area contributed by atoms with Crippen LogP contribution in [0.1, 0.15) is 39.5 Å². The van der Waals surface area contributed by atoms with Gasteiger partial charge in [0, 0.05) is 13.0 Å². The van der Waals surface area contributed by atoms with Crippen LogP contribution in [-0.2, 0) is 9.53 Å². The lowest BCUT2D eigenvalue weighted by Gasteiger charge is -2.08. The minimum absolute atomic E-state index is 0.124. The molecule has 0 aromatic rings. The van der Waals surface area contributed by atoms with Gasteiger partial charge in [-0.2, -0.15) is 0 Å². The number of ether oxygens (including phenoxy) is 1. The molecule has 0 aliphatic rings. The number of carbonyl (C=O) groups is 1. The van der Waals surface area contributed by atoms with E-state index in [-0.39, 0.29) is 5.78 Å². The Bertz CT molecular complexity index is 257. The number of nitrogens with two attached hydrogens (primary N) is 1. The molecule has 5 nitrogen and oxygen atoms in total. The van der Waals surface area contributed by atoms with Gasteiger partial charge in [0.15, 0.2) is 0 Å². The van der Waals surface area contributed by atoms with E-state index in [4.69, 9.17) is 22.1 Å². The van der Waals surface area contributed by atoms with Gasteiger partial charge in [-0.1, -0.05) is 19.8 Å². The molecular weight excluding hydrogens is 272 g/mol. The van der Waals surface area contributed by atoms with Crippen molar-refractivity contribution in [2.24, 2.45) is 5.73 Å². The fourth-order valence-electron chi connectivity index (χ4n) is 0.904. The zero-order chi connectivity index (χ0) is 14.4. The predicted octanol–water partition coefficient (Wildman–Crippen LogP) is 1.83. The molecule has 0 fully saturated rings. The molecule has 0 rings (SSSR count). The smallest absolute Gasteiger partial charge is 0.256 e. The van der Waals surface area contributed by atoms with Crippen LogP contribution in [0, 0.1) is 0 Å². The number of aliphatic hydroxyl groups excluding tert-OH is 1. The van der Waals surface area contributed by atoms with Crippen molar-refractivity contribution in [1.29, 1.82) is 0 Å². The molecule has 0 aromatic carbocycles. The summed E-state index contributed by atoms with van der Waals surface area (Å²) in [5.74, 6) is 0.124. The molecule has 0 radical (unpaired) electrons. The Morgan fingerprint density at radius 3 is 2.39 bits per heavy atom. The molecule has 7 heteroatoms. The maximum atomic E-state index is 10.6. The van der Waals surface area contributed by atoms with Crippen molar-refractivity contribution in [3.8, 4) is 0 Å². The molecule has 0 unspecified atom stereocenters. The third-order valence-corrected chi connectivity index (χ3v) is 2.00. The number of hydrogen-bond acceptors (Lipinski definition) is 4. The van der Waals surface area contributed by atoms with Crippen molar-refractivity contribution < 1.29 is 14.6 Å². The summed E-state index contributed by atoms with van der Waals surface area (Å²) in [5, 5.41) is 10.5. The van der Waals surface area contributed by atoms with Gasteiger partial charge in [0.25, 0.3) is 10.3 Å². The highest BCUT2D eigenvalue weighted by Crippen LogP contribution is 1.92. The van der Waals surface area contributed by atoms with Gasteiger partial charge in [-0.05, 0) is 37.8 Å². The van der Waals surface area contributed by atoms with Gasteiger partial charge < -0.3 is 20.9 Å². The Hall–Kier alpha value is -0.950. The standard InChI is InChI=1S/C10H19NO2S.CH3NOS/c1-3-4-5-7-11-10(14)13-8-6-9(2)12;2-1(3)4/h3-8H2,1-2H3,(H,11,14);(H3,2,3,4). The monoisotopic (exact) mass is 294 g/mol. The summed E-state index contributed by atoms with van der Waals surface area (Å²) in [6.45, 7) is 4.93. The van der Waals surface area contributed by atoms with Crippen LogP contribution in [0.25, 0.3) is 0 Å². The number of Topliss-reactive ketones (excluding diaryl/α,β-unsaturated/α-hetero) is 1. The average molecular weight is 294 g/mol. The van der Waals surface area contributed by atoms with E-state index in [9.17, 15) is 4.79 Å². The second-order valence-corrected chi connectivity index (χ2v) is 4.35. The summed E-state index contributed by atoms with van der Waals surface area (Å²) in [4.78, 5) is 10.6. The summed E-state index contributed by atoms with van der Waals surface area (Å²) in [6.07, 6.45) is 3.92. The second kappa shape index (κ2) is 14.1. The lowest BCUT2D eigenvalue weighted by Crippen LogP contribution is -2.25. The highest BCUT2D eigenvalue weighted by atomic mass is 32.1. The largest absolute Gasteiger partial charge is 0.487 e. The Balaban J connectivity index is 0. The molecule has 0 bridgehead atoms. The van der Waals surface area contributed by atoms with Crippen LogP contribution in [0.15, 0.2) is 0 Å². The molecule has 18 heavy (non-hydrogen) atoms. The van der Waals surface area contributed by atoms with Gasteiger partial charge in [0.1, 0.15) is 5.78 Å². The average Bonchev–Trinajstić information content (AvgIpc) is 2.23. The second-order valence-electron chi connectivity index (χ2n) is 3.56. The molecule has 0 spiro atoms. The van der Waals surface area contributed by atoms with E-state index < -0.39 is 5.17 Å². The maximum absolute atomic E-state index is 10.6. The first kappa shape index (κ1) is 19.4. The highest BCUT2D eigenvalue weighted by molar-refractivity contribution is 7.80. The van der Waals surface area contributed by atoms with Crippen molar-refractivity contribution in [1.82, 2.24) is 5.32 Å². The van der Waals surface area contributed by atoms with E-state index in [1.807, 2.05) is 0 Å². The van der Waals surface area contributed by atoms with Crippen LogP contribution in [0.5, 0.6) is 0 Å². The van der Waals surface area contributed by atoms with Gasteiger partial charge in [0.2, 0.25) is 0 Å². The Labute approximate surface area is 119 Å². The lowest BCUT2D eigenvalue weighted by molar-refractivity contribution is -0.117. The van der Waals surface area contributed by atoms with Gasteiger partial charge in [-0.3, -0.25) is 4.79 Å². The first-order valence-electron chi connectivity index (χ1n) is 5.78. The zero-order valence-corrected chi connectivity index (χ0v) is 12.5. The molecule has 0 saturated carbocycles. The van der Waals surface area contributed by atoms with Crippen molar-refractivity contribution in [2.45, 2.75) is 39.5 Å². The van der Waals surface area contributed by atoms with Crippen LogP contribution >= 0.6 is 24.4 Å². The number of ketones is 1. The molecule has 0 aromatic heterocycles. The number of rotatable bonds is 7. The molecule has 0 atom stereocenters. The normalized spacial score (nSPS) is 8.78. The maximum Gasteiger partial charge on any atom is 0.256 e. The van der Waals surface area contributed by atoms with Crippen molar-refractivity contribution >= 4 is 40.6 Å². The molecule has 106 valence electrons. The van der Waals surface area contributed by atoms with Crippen molar-refractivity contribution in [3.63, 3.8) is 0 Å². The van der Waals surface area contributed by atoms with Crippen LogP contribution in [0.3, 0.4) is 0 Å². The fraction of sp³-hybridized carbons (Fsp3) is 0.727. The van der Waals surface area contributed by atoms with Gasteiger partial charge >= 0.3 is 0 Å². The minimum Gasteiger partial charge on any atom is -0.487 e. The number of nitrogens with one attached hydrogen (secondary N) is 1. The quantitative estimate of drug-likeness (QED) is 0.488. The Morgan fingerprint density at radius 1 is 1.39 bits per heavy atom. The number of aliphatic hydroxyl groups is 1. The fourth-order valence-corrected chi connectivity index (χ4v) is 1.09. The first-order chi connectivity index (χ1) is 8.40. The minimum atomic E-state index is -0.500. The van der Waals surface area contributed by atoms with Crippen LogP contribution in [0.2, 0.25) is 0 Å². The highest BCUT2D eigenvalue weighted by Gasteiger charge is 1.97. The zero-order valence-electron chi connectivity index (χ0n) is 10.9. The third kappa shape index (κ3) is 24.3. The number of thiocarbonyl (C=S) groups is 2. The lowest BCUT2D eigenvalue weighted by atomic mass is 10.2. The summed E-state index contributed by atoms with van der Waals surface area (Å²) >= 11 is 8.78. The summed E-state index contributed by atoms with van der Waals surface area (Å²) < 4.78 is 5.13. The molecule has 0 amide bonds. The van der Waals surface area contributed by atoms with E-state index in [1.165, 1.54) is 12.8 Å². The predicted molar refractivity (Wildman–Crippen MR) is 80.8 cm³/mol. The van der Waals surface area contributed by atoms with E-state index in [0.29, 0.717) is 18.2 Å². The van der Waals surface area contributed by atoms with Gasteiger partial charge in [0.05, 0.1) is 6.61 Å². The van der Waals surface area contributed by atoms with E-state index in [2.05, 4.69) is 30.2 Å². The Morgan fingerprint density at radius 2 is 1.94 bits per heavy atom. The summed E-state index contributed by atoms with van der Waals surface area (Å²) in [6, 6.07) is 0. The SMILES string of the molecule is CCCCCNC(=S)OCCC(C)=O.NC(O)=S. The third-order valence-electron chi connectivity index (χ3n) is 1.74. The van der Waals surface area contributed by atoms with Gasteiger partial charge in [-0.15, -0.1) is 0 Å². The first-order valence-corrected chi connectivity index (χ1v) is 6.60. The van der Waals surface area contributed by atoms with Gasteiger partial charge in [-0.25, -0.2) is 0 Å². The summed E-state index contributed by atoms with van der Waals surface area (Å²) in [7, 11) is 0. The van der Waals surface area contributed by atoms with E-state index in [1.54, 1.807) is 6.92 Å². The van der Waals surface area contributed by atoms with Crippen LogP contribution in [0.4, 0.5) is 0 Å². The molecular formula is C11H22N2O3S2. The number of hydrogen-bond donors (Lipinski definition) is 3.